The van der Waals surface area contributed by atoms with Crippen LogP contribution in [0.15, 0.2) is 18.0 Å². The average molecular weight is 349 g/mol. The Morgan fingerprint density at radius 3 is 2.72 bits per heavy atom. The van der Waals surface area contributed by atoms with Gasteiger partial charge >= 0.3 is 0 Å². The molecule has 2 rings (SSSR count). The van der Waals surface area contributed by atoms with E-state index in [-0.39, 0.29) is 29.3 Å². The van der Waals surface area contributed by atoms with Gasteiger partial charge in [0.15, 0.2) is 11.6 Å². The van der Waals surface area contributed by atoms with Crippen molar-refractivity contribution in [3.05, 3.63) is 29.3 Å². The largest absolute Gasteiger partial charge is 0.392 e. The molecule has 9 heteroatoms. The van der Waals surface area contributed by atoms with Crippen LogP contribution in [0.5, 0.6) is 0 Å². The van der Waals surface area contributed by atoms with Crippen LogP contribution >= 0.6 is 0 Å². The van der Waals surface area contributed by atoms with E-state index >= 15 is 0 Å². The lowest BCUT2D eigenvalue weighted by Crippen LogP contribution is -2.43. The molecule has 2 atom stereocenters. The molecule has 0 radical (unpaired) electrons. The quantitative estimate of drug-likeness (QED) is 0.407. The predicted octanol–water partition coefficient (Wildman–Crippen LogP) is 1.12. The standard InChI is InChI=1S/C16H24FN7O/c1-21-8-9(7-18)22-15-10(14(20)25)6-11(17)16(24-15)23-13-5-3-2-4-12(13)19/h6-8,12-13,18,21H,2-5,19H2,1H3,(H2,20,25)(H2,22,23,24)/b9-8+,18-7?/t12-,13+/m0/s1. The van der Waals surface area contributed by atoms with E-state index in [0.717, 1.165) is 38.0 Å². The molecule has 1 saturated carbocycles. The third-order valence-electron chi connectivity index (χ3n) is 4.10. The molecule has 0 saturated heterocycles. The molecule has 0 unspecified atom stereocenters. The first kappa shape index (κ1) is 18.7. The molecule has 1 aromatic heterocycles. The van der Waals surface area contributed by atoms with Crippen molar-refractivity contribution >= 4 is 23.8 Å². The predicted molar refractivity (Wildman–Crippen MR) is 96.1 cm³/mol. The summed E-state index contributed by atoms with van der Waals surface area (Å²) in [5, 5.41) is 16.0. The number of amides is 1. The Balaban J connectivity index is 2.34. The van der Waals surface area contributed by atoms with Crippen LogP contribution in [0.3, 0.4) is 0 Å². The maximum Gasteiger partial charge on any atom is 0.252 e. The van der Waals surface area contributed by atoms with Crippen molar-refractivity contribution in [1.29, 1.82) is 5.41 Å². The van der Waals surface area contributed by atoms with Gasteiger partial charge in [0.2, 0.25) is 0 Å². The van der Waals surface area contributed by atoms with E-state index in [1.54, 1.807) is 7.05 Å². The monoisotopic (exact) mass is 349 g/mol. The van der Waals surface area contributed by atoms with Gasteiger partial charge in [0, 0.05) is 31.5 Å². The molecule has 0 aromatic carbocycles. The number of aromatic nitrogens is 1. The molecule has 1 aliphatic carbocycles. The molecule has 1 fully saturated rings. The van der Waals surface area contributed by atoms with Gasteiger partial charge in [0.25, 0.3) is 5.91 Å². The van der Waals surface area contributed by atoms with Gasteiger partial charge in [-0.2, -0.15) is 0 Å². The van der Waals surface area contributed by atoms with Crippen LogP contribution < -0.4 is 27.4 Å². The van der Waals surface area contributed by atoms with Crippen LogP contribution in [0.1, 0.15) is 36.0 Å². The number of hydrogen-bond donors (Lipinski definition) is 6. The molecule has 136 valence electrons. The van der Waals surface area contributed by atoms with Crippen molar-refractivity contribution in [2.75, 3.05) is 17.7 Å². The first-order valence-corrected chi connectivity index (χ1v) is 8.13. The number of nitrogens with zero attached hydrogens (tertiary/aromatic N) is 1. The Hall–Kier alpha value is -2.68. The minimum Gasteiger partial charge on any atom is -0.392 e. The number of anilines is 2. The van der Waals surface area contributed by atoms with E-state index in [4.69, 9.17) is 16.9 Å². The van der Waals surface area contributed by atoms with Gasteiger partial charge in [-0.25, -0.2) is 9.37 Å². The fraction of sp³-hybridized carbons (Fsp3) is 0.438. The molecule has 1 amide bonds. The molecular formula is C16H24FN7O. The number of nitrogens with two attached hydrogens (primary N) is 2. The minimum atomic E-state index is -0.816. The van der Waals surface area contributed by atoms with E-state index < -0.39 is 11.7 Å². The van der Waals surface area contributed by atoms with Crippen molar-refractivity contribution in [2.45, 2.75) is 37.8 Å². The van der Waals surface area contributed by atoms with Crippen LogP contribution in [0.2, 0.25) is 0 Å². The highest BCUT2D eigenvalue weighted by atomic mass is 19.1. The Bertz CT molecular complexity index is 677. The van der Waals surface area contributed by atoms with Gasteiger partial charge in [-0.3, -0.25) is 4.79 Å². The van der Waals surface area contributed by atoms with Crippen molar-refractivity contribution in [2.24, 2.45) is 11.5 Å². The first-order valence-electron chi connectivity index (χ1n) is 8.13. The molecule has 0 spiro atoms. The summed E-state index contributed by atoms with van der Waals surface area (Å²) < 4.78 is 14.4. The Labute approximate surface area is 145 Å². The number of halogens is 1. The highest BCUT2D eigenvalue weighted by molar-refractivity contribution is 5.99. The van der Waals surface area contributed by atoms with E-state index in [2.05, 4.69) is 20.9 Å². The zero-order chi connectivity index (χ0) is 18.4. The van der Waals surface area contributed by atoms with Gasteiger partial charge in [0.05, 0.1) is 11.3 Å². The van der Waals surface area contributed by atoms with Crippen molar-refractivity contribution in [3.63, 3.8) is 0 Å². The summed E-state index contributed by atoms with van der Waals surface area (Å²) in [6.07, 6.45) is 6.31. The van der Waals surface area contributed by atoms with E-state index in [1.807, 2.05) is 0 Å². The fourth-order valence-electron chi connectivity index (χ4n) is 2.79. The van der Waals surface area contributed by atoms with Gasteiger partial charge in [-0.1, -0.05) is 12.8 Å². The van der Waals surface area contributed by atoms with Crippen molar-refractivity contribution < 1.29 is 9.18 Å². The second-order valence-electron chi connectivity index (χ2n) is 5.94. The van der Waals surface area contributed by atoms with Gasteiger partial charge in [0.1, 0.15) is 5.82 Å². The molecule has 0 bridgehead atoms. The summed E-state index contributed by atoms with van der Waals surface area (Å²) in [5.74, 6) is -1.41. The number of carbonyl (C=O) groups excluding carboxylic acids is 1. The molecular weight excluding hydrogens is 325 g/mol. The summed E-state index contributed by atoms with van der Waals surface area (Å²) in [7, 11) is 1.66. The lowest BCUT2D eigenvalue weighted by Gasteiger charge is -2.30. The maximum atomic E-state index is 14.4. The topological polar surface area (TPSA) is 142 Å². The molecule has 1 aliphatic rings. The lowest BCUT2D eigenvalue weighted by atomic mass is 9.91. The zero-order valence-electron chi connectivity index (χ0n) is 14.1. The van der Waals surface area contributed by atoms with E-state index in [1.165, 1.54) is 6.20 Å². The smallest absolute Gasteiger partial charge is 0.252 e. The molecule has 1 aromatic rings. The molecule has 8 nitrogen and oxygen atoms in total. The number of nitrogens with one attached hydrogen (secondary N) is 4. The van der Waals surface area contributed by atoms with Crippen LogP contribution in [0.4, 0.5) is 16.0 Å². The number of hydrogen-bond acceptors (Lipinski definition) is 7. The van der Waals surface area contributed by atoms with Gasteiger partial charge in [-0.05, 0) is 18.9 Å². The fourth-order valence-corrected chi connectivity index (χ4v) is 2.79. The minimum absolute atomic E-state index is 0.00337. The van der Waals surface area contributed by atoms with Gasteiger partial charge in [-0.15, -0.1) is 0 Å². The van der Waals surface area contributed by atoms with Crippen molar-refractivity contribution in [3.8, 4) is 0 Å². The molecule has 1 heterocycles. The Kier molecular flexibility index (Phi) is 6.29. The Morgan fingerprint density at radius 1 is 1.40 bits per heavy atom. The molecule has 8 N–H and O–H groups in total. The summed E-state index contributed by atoms with van der Waals surface area (Å²) in [4.78, 5) is 15.8. The normalized spacial score (nSPS) is 20.7. The second-order valence-corrected chi connectivity index (χ2v) is 5.94. The highest BCUT2D eigenvalue weighted by Gasteiger charge is 2.24. The number of allylic oxidation sites excluding steroid dienone is 1. The first-order chi connectivity index (χ1) is 12.0. The van der Waals surface area contributed by atoms with Crippen LogP contribution in [-0.2, 0) is 0 Å². The lowest BCUT2D eigenvalue weighted by molar-refractivity contribution is 0.100. The number of carbonyl (C=O) groups is 1. The third-order valence-corrected chi connectivity index (χ3v) is 4.10. The maximum absolute atomic E-state index is 14.4. The highest BCUT2D eigenvalue weighted by Crippen LogP contribution is 2.25. The van der Waals surface area contributed by atoms with Gasteiger partial charge < -0.3 is 32.8 Å². The Morgan fingerprint density at radius 2 is 2.12 bits per heavy atom. The SMILES string of the molecule is CN/C=C(\C=N)Nc1nc(N[C@@H]2CCCC[C@@H]2N)c(F)cc1C(N)=O. The summed E-state index contributed by atoms with van der Waals surface area (Å²) in [6.45, 7) is 0. The van der Waals surface area contributed by atoms with Crippen LogP contribution in [0, 0.1) is 11.2 Å². The number of pyridine rings is 1. The summed E-state index contributed by atoms with van der Waals surface area (Å²) in [6, 6.07) is 0.872. The molecule has 0 aliphatic heterocycles. The number of primary amides is 1. The van der Waals surface area contributed by atoms with E-state index in [0.29, 0.717) is 5.70 Å². The van der Waals surface area contributed by atoms with Crippen LogP contribution in [0.25, 0.3) is 0 Å². The van der Waals surface area contributed by atoms with Crippen molar-refractivity contribution in [1.82, 2.24) is 10.3 Å². The van der Waals surface area contributed by atoms with E-state index in [9.17, 15) is 9.18 Å². The van der Waals surface area contributed by atoms with Crippen LogP contribution in [-0.4, -0.2) is 36.2 Å². The average Bonchev–Trinajstić information content (AvgIpc) is 2.58. The summed E-state index contributed by atoms with van der Waals surface area (Å²) in [5.41, 5.74) is 11.6. The summed E-state index contributed by atoms with van der Waals surface area (Å²) >= 11 is 0. The second kappa shape index (κ2) is 8.43. The number of rotatable bonds is 7. The zero-order valence-corrected chi connectivity index (χ0v) is 14.1. The third kappa shape index (κ3) is 4.66. The molecule has 25 heavy (non-hydrogen) atoms.